The number of ether oxygens (including phenoxy) is 2. The highest BCUT2D eigenvalue weighted by Crippen LogP contribution is 2.20. The van der Waals surface area contributed by atoms with E-state index in [9.17, 15) is 14.7 Å². The molecule has 9 heteroatoms. The van der Waals surface area contributed by atoms with Crippen molar-refractivity contribution in [1.29, 1.82) is 0 Å². The number of aliphatic hydroxyl groups excluding tert-OH is 2. The lowest BCUT2D eigenvalue weighted by Crippen LogP contribution is -2.40. The van der Waals surface area contributed by atoms with Crippen molar-refractivity contribution in [3.63, 3.8) is 0 Å². The SMILES string of the molecule is CC.O=C(CCCCC(=O)NCCOC1CC(O)CC(CO)O1)NS. The Kier molecular flexibility index (Phi) is 14.9. The van der Waals surface area contributed by atoms with Crippen LogP contribution in [0.15, 0.2) is 0 Å². The molecule has 1 rings (SSSR count). The minimum absolute atomic E-state index is 0.0993. The number of hydrogen-bond donors (Lipinski definition) is 5. The molecular formula is C16H32N2O6S. The highest BCUT2D eigenvalue weighted by atomic mass is 32.1. The molecule has 3 unspecified atom stereocenters. The molecule has 0 aromatic heterocycles. The highest BCUT2D eigenvalue weighted by Gasteiger charge is 2.28. The average molecular weight is 381 g/mol. The average Bonchev–Trinajstić information content (AvgIpc) is 2.63. The van der Waals surface area contributed by atoms with Crippen molar-refractivity contribution in [1.82, 2.24) is 10.0 Å². The summed E-state index contributed by atoms with van der Waals surface area (Å²) < 4.78 is 13.1. The van der Waals surface area contributed by atoms with E-state index in [0.717, 1.165) is 0 Å². The van der Waals surface area contributed by atoms with Crippen LogP contribution in [0.2, 0.25) is 0 Å². The highest BCUT2D eigenvalue weighted by molar-refractivity contribution is 7.78. The van der Waals surface area contributed by atoms with Crippen LogP contribution in [0.5, 0.6) is 0 Å². The van der Waals surface area contributed by atoms with E-state index < -0.39 is 18.5 Å². The van der Waals surface area contributed by atoms with Gasteiger partial charge in [0.1, 0.15) is 0 Å². The van der Waals surface area contributed by atoms with Crippen molar-refractivity contribution in [2.75, 3.05) is 19.8 Å². The van der Waals surface area contributed by atoms with Crippen molar-refractivity contribution < 1.29 is 29.3 Å². The fourth-order valence-corrected chi connectivity index (χ4v) is 2.38. The molecule has 2 amide bonds. The Morgan fingerprint density at radius 2 is 1.84 bits per heavy atom. The van der Waals surface area contributed by atoms with E-state index in [-0.39, 0.29) is 25.0 Å². The number of amides is 2. The lowest BCUT2D eigenvalue weighted by Gasteiger charge is -2.32. The van der Waals surface area contributed by atoms with Gasteiger partial charge in [0.25, 0.3) is 0 Å². The van der Waals surface area contributed by atoms with Crippen molar-refractivity contribution in [3.8, 4) is 0 Å². The lowest BCUT2D eigenvalue weighted by atomic mass is 10.1. The molecule has 25 heavy (non-hydrogen) atoms. The van der Waals surface area contributed by atoms with Crippen LogP contribution in [0.1, 0.15) is 52.4 Å². The van der Waals surface area contributed by atoms with Gasteiger partial charge in [-0.1, -0.05) is 26.7 Å². The monoisotopic (exact) mass is 380 g/mol. The summed E-state index contributed by atoms with van der Waals surface area (Å²) in [5.74, 6) is -0.254. The standard InChI is InChI=1S/C14H26N2O6S.C2H6/c17-9-11-7-10(18)8-14(22-11)21-6-5-15-12(19)3-1-2-4-13(20)16-23;1-2/h10-11,14,17-18,23H,1-9H2,(H,15,19)(H,16,20);1-2H3. The molecule has 1 saturated heterocycles. The van der Waals surface area contributed by atoms with E-state index in [1.165, 1.54) is 0 Å². The number of unbranched alkanes of at least 4 members (excludes halogenated alkanes) is 1. The van der Waals surface area contributed by atoms with Gasteiger partial charge < -0.3 is 29.7 Å². The number of carbonyl (C=O) groups excluding carboxylic acids is 2. The second-order valence-electron chi connectivity index (χ2n) is 5.46. The molecule has 0 radical (unpaired) electrons. The molecule has 1 aliphatic heterocycles. The van der Waals surface area contributed by atoms with E-state index >= 15 is 0 Å². The van der Waals surface area contributed by atoms with E-state index in [1.54, 1.807) is 0 Å². The summed E-state index contributed by atoms with van der Waals surface area (Å²) in [6, 6.07) is 0. The zero-order chi connectivity index (χ0) is 19.1. The molecule has 1 aliphatic rings. The first-order chi connectivity index (χ1) is 12.0. The predicted octanol–water partition coefficient (Wildman–Crippen LogP) is 0.525. The molecule has 1 heterocycles. The van der Waals surface area contributed by atoms with Gasteiger partial charge in [0.15, 0.2) is 6.29 Å². The van der Waals surface area contributed by atoms with E-state index in [0.29, 0.717) is 45.1 Å². The Morgan fingerprint density at radius 3 is 2.44 bits per heavy atom. The van der Waals surface area contributed by atoms with Crippen LogP contribution in [-0.2, 0) is 19.1 Å². The fourth-order valence-electron chi connectivity index (χ4n) is 2.27. The van der Waals surface area contributed by atoms with Gasteiger partial charge in [-0.2, -0.15) is 0 Å². The number of rotatable bonds is 10. The molecular weight excluding hydrogens is 348 g/mol. The summed E-state index contributed by atoms with van der Waals surface area (Å²) in [6.07, 6.45) is 1.21. The predicted molar refractivity (Wildman–Crippen MR) is 96.9 cm³/mol. The summed E-state index contributed by atoms with van der Waals surface area (Å²) in [7, 11) is 0. The molecule has 4 N–H and O–H groups in total. The summed E-state index contributed by atoms with van der Waals surface area (Å²) >= 11 is 3.64. The van der Waals surface area contributed by atoms with Crippen molar-refractivity contribution in [2.45, 2.75) is 70.9 Å². The molecule has 148 valence electrons. The van der Waals surface area contributed by atoms with Crippen LogP contribution in [0.4, 0.5) is 0 Å². The Morgan fingerprint density at radius 1 is 1.20 bits per heavy atom. The van der Waals surface area contributed by atoms with Gasteiger partial charge >= 0.3 is 0 Å². The van der Waals surface area contributed by atoms with Crippen LogP contribution in [0, 0.1) is 0 Å². The summed E-state index contributed by atoms with van der Waals surface area (Å²) in [5, 5.41) is 21.4. The van der Waals surface area contributed by atoms with Crippen molar-refractivity contribution in [3.05, 3.63) is 0 Å². The molecule has 0 saturated carbocycles. The second-order valence-corrected chi connectivity index (χ2v) is 5.68. The van der Waals surface area contributed by atoms with Gasteiger partial charge in [-0.05, 0) is 12.8 Å². The lowest BCUT2D eigenvalue weighted by molar-refractivity contribution is -0.220. The third-order valence-corrected chi connectivity index (χ3v) is 3.71. The van der Waals surface area contributed by atoms with Gasteiger partial charge in [0, 0.05) is 32.2 Å². The van der Waals surface area contributed by atoms with E-state index in [2.05, 4.69) is 22.9 Å². The molecule has 8 nitrogen and oxygen atoms in total. The third kappa shape index (κ3) is 12.2. The van der Waals surface area contributed by atoms with Crippen LogP contribution < -0.4 is 10.0 Å². The van der Waals surface area contributed by atoms with E-state index in [1.807, 2.05) is 13.8 Å². The maximum absolute atomic E-state index is 11.6. The number of carbonyl (C=O) groups is 2. The van der Waals surface area contributed by atoms with Gasteiger partial charge in [-0.15, -0.1) is 0 Å². The number of hydrogen-bond acceptors (Lipinski definition) is 7. The smallest absolute Gasteiger partial charge is 0.229 e. The first-order valence-electron chi connectivity index (χ1n) is 8.80. The molecule has 0 bridgehead atoms. The van der Waals surface area contributed by atoms with Crippen LogP contribution >= 0.6 is 12.8 Å². The Labute approximate surface area is 155 Å². The normalized spacial score (nSPS) is 22.5. The summed E-state index contributed by atoms with van der Waals surface area (Å²) in [4.78, 5) is 22.5. The first kappa shape index (κ1) is 24.1. The molecule has 0 aromatic rings. The minimum Gasteiger partial charge on any atom is -0.394 e. The molecule has 0 spiro atoms. The fraction of sp³-hybridized carbons (Fsp3) is 0.875. The maximum atomic E-state index is 11.6. The Balaban J connectivity index is 0.00000277. The van der Waals surface area contributed by atoms with Crippen LogP contribution in [-0.4, -0.2) is 60.3 Å². The first-order valence-corrected chi connectivity index (χ1v) is 9.25. The second kappa shape index (κ2) is 15.4. The summed E-state index contributed by atoms with van der Waals surface area (Å²) in [5.41, 5.74) is 0. The number of thiol groups is 1. The van der Waals surface area contributed by atoms with E-state index in [4.69, 9.17) is 14.6 Å². The van der Waals surface area contributed by atoms with Gasteiger partial charge in [-0.25, -0.2) is 0 Å². The minimum atomic E-state index is -0.562. The molecule has 0 aliphatic carbocycles. The van der Waals surface area contributed by atoms with Gasteiger partial charge in [-0.3, -0.25) is 9.59 Å². The Hall–Kier alpha value is -0.870. The van der Waals surface area contributed by atoms with Gasteiger partial charge in [0.2, 0.25) is 11.8 Å². The van der Waals surface area contributed by atoms with Crippen molar-refractivity contribution in [2.24, 2.45) is 0 Å². The van der Waals surface area contributed by atoms with Crippen LogP contribution in [0.25, 0.3) is 0 Å². The molecule has 3 atom stereocenters. The zero-order valence-corrected chi connectivity index (χ0v) is 16.0. The number of nitrogens with one attached hydrogen (secondary N) is 2. The van der Waals surface area contributed by atoms with Crippen molar-refractivity contribution >= 4 is 24.6 Å². The molecule has 0 aromatic carbocycles. The topological polar surface area (TPSA) is 117 Å². The Bertz CT molecular complexity index is 373. The van der Waals surface area contributed by atoms with Crippen LogP contribution in [0.3, 0.4) is 0 Å². The quantitative estimate of drug-likeness (QED) is 0.279. The van der Waals surface area contributed by atoms with Gasteiger partial charge in [0.05, 0.1) is 25.4 Å². The maximum Gasteiger partial charge on any atom is 0.229 e. The third-order valence-electron chi connectivity index (χ3n) is 3.46. The zero-order valence-electron chi connectivity index (χ0n) is 15.1. The largest absolute Gasteiger partial charge is 0.394 e. The summed E-state index contributed by atoms with van der Waals surface area (Å²) in [6.45, 7) is 4.46. The number of aliphatic hydroxyl groups is 2. The molecule has 1 fully saturated rings.